The van der Waals surface area contributed by atoms with E-state index in [0.29, 0.717) is 12.0 Å². The second-order valence-corrected chi connectivity index (χ2v) is 4.12. The van der Waals surface area contributed by atoms with Crippen LogP contribution in [0.3, 0.4) is 0 Å². The normalized spacial score (nSPS) is 26.7. The molecule has 0 amide bonds. The van der Waals surface area contributed by atoms with Gasteiger partial charge in [0.1, 0.15) is 5.82 Å². The van der Waals surface area contributed by atoms with Crippen molar-refractivity contribution in [3.63, 3.8) is 0 Å². The molecule has 1 N–H and O–H groups in total. The van der Waals surface area contributed by atoms with Gasteiger partial charge in [0.25, 0.3) is 0 Å². The lowest BCUT2D eigenvalue weighted by Gasteiger charge is -2.15. The minimum atomic E-state index is -0.0756. The fraction of sp³-hybridized carbons (Fsp3) is 0.500. The molecule has 2 unspecified atom stereocenters. The van der Waals surface area contributed by atoms with E-state index < -0.39 is 0 Å². The summed E-state index contributed by atoms with van der Waals surface area (Å²) >= 11 is 0. The number of benzene rings is 1. The van der Waals surface area contributed by atoms with Crippen LogP contribution in [0.25, 0.3) is 0 Å². The van der Waals surface area contributed by atoms with E-state index >= 15 is 0 Å². The molecule has 0 spiro atoms. The van der Waals surface area contributed by atoms with Crippen molar-refractivity contribution >= 4 is 0 Å². The molecule has 1 aliphatic rings. The van der Waals surface area contributed by atoms with Crippen LogP contribution in [-0.2, 0) is 6.42 Å². The molecule has 1 heterocycles. The van der Waals surface area contributed by atoms with Crippen LogP contribution in [0.5, 0.6) is 0 Å². The molecule has 2 rings (SSSR count). The Balaban J connectivity index is 2.07. The summed E-state index contributed by atoms with van der Waals surface area (Å²) in [6.45, 7) is 3.30. The van der Waals surface area contributed by atoms with E-state index in [-0.39, 0.29) is 5.82 Å². The Bertz CT molecular complexity index is 311. The largest absolute Gasteiger partial charge is 0.313 e. The van der Waals surface area contributed by atoms with Crippen molar-refractivity contribution in [2.75, 3.05) is 6.54 Å². The zero-order chi connectivity index (χ0) is 9.97. The standard InChI is InChI=1S/C12H16FN/c1-9-6-7-14-12(9)8-10-4-2-3-5-11(10)13/h2-5,9,12,14H,6-8H2,1H3. The highest BCUT2D eigenvalue weighted by Crippen LogP contribution is 2.19. The van der Waals surface area contributed by atoms with Crippen molar-refractivity contribution in [1.82, 2.24) is 5.32 Å². The maximum absolute atomic E-state index is 13.3. The van der Waals surface area contributed by atoms with Crippen LogP contribution in [-0.4, -0.2) is 12.6 Å². The highest BCUT2D eigenvalue weighted by atomic mass is 19.1. The van der Waals surface area contributed by atoms with Gasteiger partial charge in [-0.2, -0.15) is 0 Å². The number of nitrogens with one attached hydrogen (secondary N) is 1. The predicted octanol–water partition coefficient (Wildman–Crippen LogP) is 2.37. The fourth-order valence-corrected chi connectivity index (χ4v) is 2.07. The Morgan fingerprint density at radius 1 is 1.43 bits per heavy atom. The predicted molar refractivity (Wildman–Crippen MR) is 55.7 cm³/mol. The number of hydrogen-bond acceptors (Lipinski definition) is 1. The zero-order valence-electron chi connectivity index (χ0n) is 8.46. The lowest BCUT2D eigenvalue weighted by Crippen LogP contribution is -2.28. The zero-order valence-corrected chi connectivity index (χ0v) is 8.46. The third-order valence-electron chi connectivity index (χ3n) is 3.09. The average molecular weight is 193 g/mol. The van der Waals surface area contributed by atoms with Gasteiger partial charge in [-0.25, -0.2) is 4.39 Å². The molecule has 1 aromatic carbocycles. The molecule has 2 heteroatoms. The molecule has 0 aliphatic carbocycles. The van der Waals surface area contributed by atoms with Gasteiger partial charge in [-0.05, 0) is 36.9 Å². The second kappa shape index (κ2) is 4.09. The van der Waals surface area contributed by atoms with Crippen LogP contribution in [0.1, 0.15) is 18.9 Å². The van der Waals surface area contributed by atoms with Gasteiger partial charge in [0.15, 0.2) is 0 Å². The van der Waals surface area contributed by atoms with Crippen molar-refractivity contribution in [3.05, 3.63) is 35.6 Å². The van der Waals surface area contributed by atoms with Crippen LogP contribution in [0.4, 0.5) is 4.39 Å². The number of hydrogen-bond donors (Lipinski definition) is 1. The summed E-state index contributed by atoms with van der Waals surface area (Å²) in [5.41, 5.74) is 0.832. The molecule has 0 saturated carbocycles. The molecular weight excluding hydrogens is 177 g/mol. The second-order valence-electron chi connectivity index (χ2n) is 4.12. The summed E-state index contributed by atoms with van der Waals surface area (Å²) in [4.78, 5) is 0. The van der Waals surface area contributed by atoms with Gasteiger partial charge >= 0.3 is 0 Å². The summed E-state index contributed by atoms with van der Waals surface area (Å²) < 4.78 is 13.3. The molecule has 0 radical (unpaired) electrons. The Morgan fingerprint density at radius 2 is 2.21 bits per heavy atom. The summed E-state index contributed by atoms with van der Waals surface area (Å²) in [7, 11) is 0. The molecule has 0 aromatic heterocycles. The monoisotopic (exact) mass is 193 g/mol. The van der Waals surface area contributed by atoms with Crippen LogP contribution >= 0.6 is 0 Å². The van der Waals surface area contributed by atoms with Crippen molar-refractivity contribution < 1.29 is 4.39 Å². The Kier molecular flexibility index (Phi) is 2.82. The maximum Gasteiger partial charge on any atom is 0.126 e. The van der Waals surface area contributed by atoms with Crippen molar-refractivity contribution in [2.24, 2.45) is 5.92 Å². The molecule has 1 aromatic rings. The third kappa shape index (κ3) is 1.95. The van der Waals surface area contributed by atoms with Crippen LogP contribution < -0.4 is 5.32 Å². The molecule has 14 heavy (non-hydrogen) atoms. The van der Waals surface area contributed by atoms with Crippen LogP contribution in [0.15, 0.2) is 24.3 Å². The van der Waals surface area contributed by atoms with E-state index in [2.05, 4.69) is 12.2 Å². The van der Waals surface area contributed by atoms with Crippen molar-refractivity contribution in [3.8, 4) is 0 Å². The smallest absolute Gasteiger partial charge is 0.126 e. The van der Waals surface area contributed by atoms with Gasteiger partial charge in [-0.1, -0.05) is 25.1 Å². The van der Waals surface area contributed by atoms with E-state index in [1.54, 1.807) is 6.07 Å². The van der Waals surface area contributed by atoms with Crippen LogP contribution in [0, 0.1) is 11.7 Å². The first-order chi connectivity index (χ1) is 6.77. The van der Waals surface area contributed by atoms with Gasteiger partial charge in [0.05, 0.1) is 0 Å². The van der Waals surface area contributed by atoms with E-state index in [1.807, 2.05) is 12.1 Å². The minimum absolute atomic E-state index is 0.0756. The number of rotatable bonds is 2. The summed E-state index contributed by atoms with van der Waals surface area (Å²) in [5, 5.41) is 3.42. The summed E-state index contributed by atoms with van der Waals surface area (Å²) in [6.07, 6.45) is 2.02. The van der Waals surface area contributed by atoms with Crippen molar-refractivity contribution in [1.29, 1.82) is 0 Å². The molecule has 2 atom stereocenters. The third-order valence-corrected chi connectivity index (χ3v) is 3.09. The topological polar surface area (TPSA) is 12.0 Å². The first-order valence-corrected chi connectivity index (χ1v) is 5.24. The van der Waals surface area contributed by atoms with E-state index in [9.17, 15) is 4.39 Å². The molecule has 1 nitrogen and oxygen atoms in total. The lowest BCUT2D eigenvalue weighted by atomic mass is 9.96. The molecule has 1 aliphatic heterocycles. The first-order valence-electron chi connectivity index (χ1n) is 5.24. The fourth-order valence-electron chi connectivity index (χ4n) is 2.07. The lowest BCUT2D eigenvalue weighted by molar-refractivity contribution is 0.470. The molecular formula is C12H16FN. The SMILES string of the molecule is CC1CCNC1Cc1ccccc1F. The summed E-state index contributed by atoms with van der Waals surface area (Å²) in [5.74, 6) is 0.586. The van der Waals surface area contributed by atoms with E-state index in [4.69, 9.17) is 0 Å². The van der Waals surface area contributed by atoms with Gasteiger partial charge in [0, 0.05) is 6.04 Å². The summed E-state index contributed by atoms with van der Waals surface area (Å²) in [6, 6.07) is 7.51. The van der Waals surface area contributed by atoms with Gasteiger partial charge in [-0.3, -0.25) is 0 Å². The van der Waals surface area contributed by atoms with Gasteiger partial charge < -0.3 is 5.32 Å². The van der Waals surface area contributed by atoms with Gasteiger partial charge in [-0.15, -0.1) is 0 Å². The minimum Gasteiger partial charge on any atom is -0.313 e. The Labute approximate surface area is 84.3 Å². The highest BCUT2D eigenvalue weighted by molar-refractivity contribution is 5.18. The van der Waals surface area contributed by atoms with Gasteiger partial charge in [0.2, 0.25) is 0 Å². The highest BCUT2D eigenvalue weighted by Gasteiger charge is 2.23. The Hall–Kier alpha value is -0.890. The number of halogens is 1. The average Bonchev–Trinajstić information content (AvgIpc) is 2.56. The van der Waals surface area contributed by atoms with Crippen molar-refractivity contribution in [2.45, 2.75) is 25.8 Å². The Morgan fingerprint density at radius 3 is 2.86 bits per heavy atom. The first kappa shape index (κ1) is 9.66. The van der Waals surface area contributed by atoms with E-state index in [0.717, 1.165) is 18.5 Å². The maximum atomic E-state index is 13.3. The van der Waals surface area contributed by atoms with Crippen LogP contribution in [0.2, 0.25) is 0 Å². The molecule has 76 valence electrons. The molecule has 1 fully saturated rings. The quantitative estimate of drug-likeness (QED) is 0.760. The molecule has 1 saturated heterocycles. The van der Waals surface area contributed by atoms with E-state index in [1.165, 1.54) is 12.5 Å². The molecule has 0 bridgehead atoms.